The molecule has 2 aromatic rings. The van der Waals surface area contributed by atoms with Crippen LogP contribution in [0.25, 0.3) is 0 Å². The van der Waals surface area contributed by atoms with E-state index >= 15 is 0 Å². The third-order valence-electron chi connectivity index (χ3n) is 4.56. The number of rotatable bonds is 5. The summed E-state index contributed by atoms with van der Waals surface area (Å²) in [6.07, 6.45) is 1.60. The van der Waals surface area contributed by atoms with Crippen molar-refractivity contribution < 1.29 is 18.5 Å². The third-order valence-corrected chi connectivity index (χ3v) is 4.56. The Morgan fingerprint density at radius 3 is 2.71 bits per heavy atom. The van der Waals surface area contributed by atoms with Crippen LogP contribution >= 0.6 is 24.0 Å². The fourth-order valence-electron chi connectivity index (χ4n) is 3.11. The van der Waals surface area contributed by atoms with Gasteiger partial charge in [0.15, 0.2) is 5.96 Å². The topological polar surface area (TPSA) is 96.3 Å². The van der Waals surface area contributed by atoms with Crippen LogP contribution in [-0.4, -0.2) is 67.2 Å². The molecular weight excluding hydrogens is 477 g/mol. The van der Waals surface area contributed by atoms with Crippen molar-refractivity contribution in [3.63, 3.8) is 0 Å². The Labute approximate surface area is 181 Å². The minimum Gasteiger partial charge on any atom is -0.465 e. The smallest absolute Gasteiger partial charge is 0.341 e. The molecule has 0 spiro atoms. The molecule has 10 heteroatoms. The minimum absolute atomic E-state index is 0. The molecule has 0 aliphatic carbocycles. The Balaban J connectivity index is 0.00000280. The number of carbonyl (C=O) groups excluding carboxylic acids is 1. The van der Waals surface area contributed by atoms with E-state index in [-0.39, 0.29) is 24.0 Å². The highest BCUT2D eigenvalue weighted by Crippen LogP contribution is 2.15. The summed E-state index contributed by atoms with van der Waals surface area (Å²) >= 11 is 0. The monoisotopic (exact) mass is 503 g/mol. The lowest BCUT2D eigenvalue weighted by molar-refractivity contribution is 0.0599. The molecule has 0 unspecified atom stereocenters. The van der Waals surface area contributed by atoms with Crippen LogP contribution in [0.15, 0.2) is 32.3 Å². The lowest BCUT2D eigenvalue weighted by Crippen LogP contribution is -2.52. The Hall–Kier alpha value is -2.08. The number of aromatic nitrogens is 1. The largest absolute Gasteiger partial charge is 0.465 e. The van der Waals surface area contributed by atoms with E-state index in [4.69, 9.17) is 13.7 Å². The number of aryl methyl sites for hydroxylation is 1. The van der Waals surface area contributed by atoms with Gasteiger partial charge in [-0.3, -0.25) is 9.89 Å². The quantitative estimate of drug-likeness (QED) is 0.286. The van der Waals surface area contributed by atoms with Crippen LogP contribution in [0, 0.1) is 6.92 Å². The van der Waals surface area contributed by atoms with Crippen LogP contribution < -0.4 is 5.32 Å². The van der Waals surface area contributed by atoms with Gasteiger partial charge in [-0.1, -0.05) is 5.16 Å². The number of ether oxygens (including phenoxy) is 1. The van der Waals surface area contributed by atoms with E-state index in [0.717, 1.165) is 44.4 Å². The predicted molar refractivity (Wildman–Crippen MR) is 114 cm³/mol. The molecule has 3 heterocycles. The van der Waals surface area contributed by atoms with Crippen molar-refractivity contribution in [1.82, 2.24) is 20.3 Å². The van der Waals surface area contributed by atoms with Crippen molar-refractivity contribution in [3.05, 3.63) is 41.2 Å². The molecule has 1 aliphatic rings. The SMILES string of the molecule is CN=C(NCc1cc(C(=O)OC)c(C)o1)N1CCN(Cc2ccon2)CC1.I. The number of hydrogen-bond donors (Lipinski definition) is 1. The van der Waals surface area contributed by atoms with Crippen LogP contribution in [0.4, 0.5) is 0 Å². The van der Waals surface area contributed by atoms with Crippen molar-refractivity contribution in [1.29, 1.82) is 0 Å². The van der Waals surface area contributed by atoms with Gasteiger partial charge in [0.05, 0.1) is 19.3 Å². The number of hydrogen-bond acceptors (Lipinski definition) is 7. The standard InChI is InChI=1S/C18H25N5O4.HI/c1-13-16(17(24)25-3)10-15(27-13)11-20-18(19-2)23-7-5-22(6-8-23)12-14-4-9-26-21-14;/h4,9-10H,5-8,11-12H2,1-3H3,(H,19,20);1H. The normalized spacial score (nSPS) is 15.2. The summed E-state index contributed by atoms with van der Waals surface area (Å²) in [5.41, 5.74) is 1.39. The van der Waals surface area contributed by atoms with Crippen molar-refractivity contribution in [2.45, 2.75) is 20.0 Å². The zero-order valence-corrected chi connectivity index (χ0v) is 18.6. The van der Waals surface area contributed by atoms with Gasteiger partial charge in [-0.25, -0.2) is 4.79 Å². The number of guanidine groups is 1. The summed E-state index contributed by atoms with van der Waals surface area (Å²) in [5.74, 6) is 1.63. The van der Waals surface area contributed by atoms with E-state index in [0.29, 0.717) is 23.6 Å². The van der Waals surface area contributed by atoms with E-state index in [2.05, 4.69) is 25.3 Å². The molecule has 1 aliphatic heterocycles. The first-order chi connectivity index (χ1) is 13.1. The Morgan fingerprint density at radius 1 is 1.36 bits per heavy atom. The molecule has 1 N–H and O–H groups in total. The maximum Gasteiger partial charge on any atom is 0.341 e. The van der Waals surface area contributed by atoms with E-state index < -0.39 is 5.97 Å². The maximum atomic E-state index is 11.7. The van der Waals surface area contributed by atoms with E-state index in [9.17, 15) is 4.79 Å². The number of piperazine rings is 1. The number of carbonyl (C=O) groups is 1. The highest BCUT2D eigenvalue weighted by atomic mass is 127. The number of nitrogens with zero attached hydrogens (tertiary/aromatic N) is 4. The Kier molecular flexibility index (Phi) is 8.30. The van der Waals surface area contributed by atoms with Crippen molar-refractivity contribution in [2.24, 2.45) is 4.99 Å². The second kappa shape index (κ2) is 10.5. The average molecular weight is 503 g/mol. The van der Waals surface area contributed by atoms with E-state index in [1.807, 2.05) is 6.07 Å². The molecule has 1 saturated heterocycles. The van der Waals surface area contributed by atoms with Gasteiger partial charge < -0.3 is 23.9 Å². The van der Waals surface area contributed by atoms with Gasteiger partial charge in [-0.05, 0) is 13.0 Å². The van der Waals surface area contributed by atoms with E-state index in [1.54, 1.807) is 26.3 Å². The van der Waals surface area contributed by atoms with Crippen LogP contribution in [0.1, 0.15) is 27.6 Å². The summed E-state index contributed by atoms with van der Waals surface area (Å²) in [6, 6.07) is 3.60. The van der Waals surface area contributed by atoms with Gasteiger partial charge >= 0.3 is 5.97 Å². The van der Waals surface area contributed by atoms with Crippen molar-refractivity contribution in [3.8, 4) is 0 Å². The predicted octanol–water partition coefficient (Wildman–Crippen LogP) is 1.87. The van der Waals surface area contributed by atoms with Crippen LogP contribution in [-0.2, 0) is 17.8 Å². The molecule has 28 heavy (non-hydrogen) atoms. The zero-order valence-electron chi connectivity index (χ0n) is 16.3. The number of furan rings is 1. The van der Waals surface area contributed by atoms with Crippen molar-refractivity contribution >= 4 is 35.9 Å². The molecule has 0 atom stereocenters. The molecule has 1 fully saturated rings. The van der Waals surface area contributed by atoms with Gasteiger partial charge in [-0.15, -0.1) is 24.0 Å². The van der Waals surface area contributed by atoms with Gasteiger partial charge in [0.1, 0.15) is 23.3 Å². The molecule has 0 aromatic carbocycles. The first kappa shape index (κ1) is 22.2. The zero-order chi connectivity index (χ0) is 19.2. The molecule has 9 nitrogen and oxygen atoms in total. The van der Waals surface area contributed by atoms with Crippen molar-refractivity contribution in [2.75, 3.05) is 40.3 Å². The molecule has 0 radical (unpaired) electrons. The fraction of sp³-hybridized carbons (Fsp3) is 0.500. The van der Waals surface area contributed by atoms with Gasteiger partial charge in [-0.2, -0.15) is 0 Å². The highest BCUT2D eigenvalue weighted by Gasteiger charge is 2.21. The third kappa shape index (κ3) is 5.47. The maximum absolute atomic E-state index is 11.7. The second-order valence-electron chi connectivity index (χ2n) is 6.33. The molecule has 0 bridgehead atoms. The first-order valence-corrected chi connectivity index (χ1v) is 8.85. The number of nitrogens with one attached hydrogen (secondary N) is 1. The molecule has 154 valence electrons. The van der Waals surface area contributed by atoms with Crippen LogP contribution in [0.2, 0.25) is 0 Å². The van der Waals surface area contributed by atoms with Gasteiger partial charge in [0.2, 0.25) is 0 Å². The lowest BCUT2D eigenvalue weighted by Gasteiger charge is -2.36. The van der Waals surface area contributed by atoms with Gasteiger partial charge in [0, 0.05) is 45.8 Å². The summed E-state index contributed by atoms with van der Waals surface area (Å²) in [7, 11) is 3.12. The molecule has 3 rings (SSSR count). The van der Waals surface area contributed by atoms with Crippen LogP contribution in [0.3, 0.4) is 0 Å². The first-order valence-electron chi connectivity index (χ1n) is 8.85. The Bertz CT molecular complexity index is 782. The van der Waals surface area contributed by atoms with E-state index in [1.165, 1.54) is 7.11 Å². The molecular formula is C18H26IN5O4. The fourth-order valence-corrected chi connectivity index (χ4v) is 3.11. The molecule has 2 aromatic heterocycles. The highest BCUT2D eigenvalue weighted by molar-refractivity contribution is 14.0. The second-order valence-corrected chi connectivity index (χ2v) is 6.33. The number of halogens is 1. The summed E-state index contributed by atoms with van der Waals surface area (Å²) in [5, 5.41) is 7.26. The number of methoxy groups -OCH3 is 1. The average Bonchev–Trinajstić information content (AvgIpc) is 3.32. The molecule has 0 saturated carbocycles. The number of aliphatic imine (C=N–C) groups is 1. The molecule has 0 amide bonds. The van der Waals surface area contributed by atoms with Crippen LogP contribution in [0.5, 0.6) is 0 Å². The summed E-state index contributed by atoms with van der Waals surface area (Å²) < 4.78 is 15.3. The number of esters is 1. The van der Waals surface area contributed by atoms with Gasteiger partial charge in [0.25, 0.3) is 0 Å². The summed E-state index contributed by atoms with van der Waals surface area (Å²) in [4.78, 5) is 20.6. The summed E-state index contributed by atoms with van der Waals surface area (Å²) in [6.45, 7) is 6.55. The minimum atomic E-state index is -0.393. The lowest BCUT2D eigenvalue weighted by atomic mass is 10.2. The Morgan fingerprint density at radius 2 is 2.11 bits per heavy atom.